The normalized spacial score (nSPS) is 10.6. The molecule has 0 heterocycles. The molecule has 0 amide bonds. The summed E-state index contributed by atoms with van der Waals surface area (Å²) in [6.45, 7) is 2.07. The molecule has 0 aromatic heterocycles. The lowest BCUT2D eigenvalue weighted by Crippen LogP contribution is -1.96. The molecule has 0 unspecified atom stereocenters. The topological polar surface area (TPSA) is 0 Å². The summed E-state index contributed by atoms with van der Waals surface area (Å²) in [5, 5.41) is 0. The van der Waals surface area contributed by atoms with E-state index < -0.39 is 17.7 Å². The van der Waals surface area contributed by atoms with Gasteiger partial charge in [0.1, 0.15) is 0 Å². The lowest BCUT2D eigenvalue weighted by atomic mass is 9.99. The van der Waals surface area contributed by atoms with E-state index >= 15 is 0 Å². The summed E-state index contributed by atoms with van der Waals surface area (Å²) in [6.07, 6.45) is 0.264. The van der Waals surface area contributed by atoms with Gasteiger partial charge < -0.3 is 0 Å². The maximum absolute atomic E-state index is 14.1. The quantitative estimate of drug-likeness (QED) is 0.603. The minimum Gasteiger partial charge on any atom is -0.203 e. The van der Waals surface area contributed by atoms with Crippen LogP contribution in [0.1, 0.15) is 24.5 Å². The van der Waals surface area contributed by atoms with Crippen molar-refractivity contribution in [2.75, 3.05) is 0 Å². The van der Waals surface area contributed by atoms with E-state index in [0.717, 1.165) is 18.4 Å². The highest BCUT2D eigenvalue weighted by Gasteiger charge is 2.14. The van der Waals surface area contributed by atoms with Gasteiger partial charge in [0.05, 0.1) is 0 Å². The number of hydrogen-bond acceptors (Lipinski definition) is 0. The fourth-order valence-corrected chi connectivity index (χ4v) is 2.30. The van der Waals surface area contributed by atoms with Gasteiger partial charge in [0.15, 0.2) is 11.6 Å². The molecule has 0 aliphatic heterocycles. The van der Waals surface area contributed by atoms with Gasteiger partial charge in [-0.05, 0) is 35.6 Å². The summed E-state index contributed by atoms with van der Waals surface area (Å²) in [5.74, 6) is -2.08. The lowest BCUT2D eigenvalue weighted by Gasteiger charge is -2.08. The summed E-state index contributed by atoms with van der Waals surface area (Å²) < 4.78 is 52.2. The van der Waals surface area contributed by atoms with E-state index in [1.54, 1.807) is 12.1 Å². The van der Waals surface area contributed by atoms with Gasteiger partial charge in [-0.1, -0.05) is 49.7 Å². The minimum atomic E-state index is -1.91. The Morgan fingerprint density at radius 2 is 1.64 bits per heavy atom. The van der Waals surface area contributed by atoms with Crippen LogP contribution in [0.2, 0.25) is 0 Å². The molecular formula is C18H16F4. The van der Waals surface area contributed by atoms with E-state index in [1.807, 2.05) is 12.1 Å². The first-order valence-electron chi connectivity index (χ1n) is 7.10. The van der Waals surface area contributed by atoms with Gasteiger partial charge in [0.2, 0.25) is 0 Å². The van der Waals surface area contributed by atoms with Crippen molar-refractivity contribution >= 4 is 0 Å². The Morgan fingerprint density at radius 1 is 0.955 bits per heavy atom. The third kappa shape index (κ3) is 3.75. The van der Waals surface area contributed by atoms with Crippen LogP contribution in [-0.4, -0.2) is 0 Å². The molecule has 0 saturated carbocycles. The SMILES string of the molecule is CCCc1ccc(-c2ccc(CC=C(F)F)c(F)c2F)cc1. The number of rotatable bonds is 5. The summed E-state index contributed by atoms with van der Waals surface area (Å²) in [6, 6.07) is 10.0. The molecule has 0 radical (unpaired) electrons. The summed E-state index contributed by atoms with van der Waals surface area (Å²) in [4.78, 5) is 0. The van der Waals surface area contributed by atoms with Crippen LogP contribution < -0.4 is 0 Å². The van der Waals surface area contributed by atoms with E-state index in [9.17, 15) is 17.6 Å². The molecule has 116 valence electrons. The number of hydrogen-bond donors (Lipinski definition) is 0. The minimum absolute atomic E-state index is 0.0864. The predicted molar refractivity (Wildman–Crippen MR) is 79.8 cm³/mol. The molecular weight excluding hydrogens is 292 g/mol. The first-order chi connectivity index (χ1) is 10.5. The van der Waals surface area contributed by atoms with Crippen LogP contribution in [-0.2, 0) is 12.8 Å². The van der Waals surface area contributed by atoms with E-state index in [-0.39, 0.29) is 17.5 Å². The zero-order chi connectivity index (χ0) is 16.1. The van der Waals surface area contributed by atoms with Crippen LogP contribution in [0.25, 0.3) is 11.1 Å². The fraction of sp³-hybridized carbons (Fsp3) is 0.222. The summed E-state index contributed by atoms with van der Waals surface area (Å²) >= 11 is 0. The van der Waals surface area contributed by atoms with Crippen molar-refractivity contribution in [3.63, 3.8) is 0 Å². The van der Waals surface area contributed by atoms with Crippen molar-refractivity contribution in [3.8, 4) is 11.1 Å². The van der Waals surface area contributed by atoms with Crippen molar-refractivity contribution < 1.29 is 17.6 Å². The van der Waals surface area contributed by atoms with Crippen LogP contribution >= 0.6 is 0 Å². The van der Waals surface area contributed by atoms with Gasteiger partial charge in [-0.3, -0.25) is 0 Å². The molecule has 0 nitrogen and oxygen atoms in total. The number of aryl methyl sites for hydroxylation is 1. The molecule has 0 atom stereocenters. The molecule has 0 spiro atoms. The van der Waals surface area contributed by atoms with Gasteiger partial charge in [-0.15, -0.1) is 0 Å². The highest BCUT2D eigenvalue weighted by Crippen LogP contribution is 2.27. The maximum atomic E-state index is 14.1. The van der Waals surface area contributed by atoms with Crippen molar-refractivity contribution in [2.24, 2.45) is 0 Å². The lowest BCUT2D eigenvalue weighted by molar-refractivity contribution is 0.418. The number of allylic oxidation sites excluding steroid dienone is 1. The first kappa shape index (κ1) is 16.3. The zero-order valence-electron chi connectivity index (χ0n) is 12.2. The average Bonchev–Trinajstić information content (AvgIpc) is 2.50. The molecule has 22 heavy (non-hydrogen) atoms. The highest BCUT2D eigenvalue weighted by atomic mass is 19.3. The smallest absolute Gasteiger partial charge is 0.203 e. The molecule has 0 bridgehead atoms. The third-order valence-corrected chi connectivity index (χ3v) is 3.44. The number of benzene rings is 2. The summed E-state index contributed by atoms with van der Waals surface area (Å²) in [7, 11) is 0. The molecule has 0 aliphatic rings. The Hall–Kier alpha value is -2.10. The van der Waals surface area contributed by atoms with Gasteiger partial charge >= 0.3 is 0 Å². The van der Waals surface area contributed by atoms with Crippen molar-refractivity contribution in [1.82, 2.24) is 0 Å². The van der Waals surface area contributed by atoms with E-state index in [0.29, 0.717) is 11.6 Å². The average molecular weight is 308 g/mol. The Morgan fingerprint density at radius 3 is 2.23 bits per heavy atom. The van der Waals surface area contributed by atoms with Crippen molar-refractivity contribution in [3.05, 3.63) is 71.3 Å². The van der Waals surface area contributed by atoms with Gasteiger partial charge in [-0.25, -0.2) is 8.78 Å². The molecule has 0 N–H and O–H groups in total. The van der Waals surface area contributed by atoms with E-state index in [2.05, 4.69) is 6.92 Å². The van der Waals surface area contributed by atoms with E-state index in [1.165, 1.54) is 12.1 Å². The Labute approximate surface area is 127 Å². The van der Waals surface area contributed by atoms with E-state index in [4.69, 9.17) is 0 Å². The molecule has 2 rings (SSSR count). The van der Waals surface area contributed by atoms with Crippen LogP contribution in [0.3, 0.4) is 0 Å². The van der Waals surface area contributed by atoms with Crippen molar-refractivity contribution in [2.45, 2.75) is 26.2 Å². The maximum Gasteiger partial charge on any atom is 0.266 e. The molecule has 0 aliphatic carbocycles. The van der Waals surface area contributed by atoms with Gasteiger partial charge in [0, 0.05) is 5.56 Å². The van der Waals surface area contributed by atoms with Gasteiger partial charge in [-0.2, -0.15) is 8.78 Å². The third-order valence-electron chi connectivity index (χ3n) is 3.44. The molecule has 4 heteroatoms. The monoisotopic (exact) mass is 308 g/mol. The second kappa shape index (κ2) is 7.25. The second-order valence-electron chi connectivity index (χ2n) is 5.05. The fourth-order valence-electron chi connectivity index (χ4n) is 2.30. The molecule has 0 saturated heterocycles. The standard InChI is InChI=1S/C18H16F4/c1-2-3-12-4-6-13(7-5-12)15-10-8-14(9-11-16(19)20)17(21)18(15)22/h4-8,10-11H,2-3,9H2,1H3. The molecule has 2 aromatic carbocycles. The predicted octanol–water partition coefficient (Wildman–Crippen LogP) is 5.91. The second-order valence-corrected chi connectivity index (χ2v) is 5.05. The zero-order valence-corrected chi connectivity index (χ0v) is 12.2. The van der Waals surface area contributed by atoms with Crippen LogP contribution in [0, 0.1) is 11.6 Å². The Kier molecular flexibility index (Phi) is 5.36. The Bertz CT molecular complexity index is 668. The highest BCUT2D eigenvalue weighted by molar-refractivity contribution is 5.65. The molecule has 2 aromatic rings. The van der Waals surface area contributed by atoms with Gasteiger partial charge in [0.25, 0.3) is 6.08 Å². The number of halogens is 4. The largest absolute Gasteiger partial charge is 0.266 e. The van der Waals surface area contributed by atoms with Crippen LogP contribution in [0.15, 0.2) is 48.6 Å². The van der Waals surface area contributed by atoms with Crippen LogP contribution in [0.4, 0.5) is 17.6 Å². The van der Waals surface area contributed by atoms with Crippen molar-refractivity contribution in [1.29, 1.82) is 0 Å². The van der Waals surface area contributed by atoms with Crippen LogP contribution in [0.5, 0.6) is 0 Å². The Balaban J connectivity index is 2.32. The first-order valence-corrected chi connectivity index (χ1v) is 7.10. The summed E-state index contributed by atoms with van der Waals surface area (Å²) in [5.41, 5.74) is 1.74. The molecule has 0 fully saturated rings.